The standard InChI is InChI=1S/C15H19ClN2/c1-3-15(4-2,11-16)18-14-10-9-12-7-5-6-8-13(12)17-14/h5-10H,3-4,11H2,1-2H3,(H,17,18). The highest BCUT2D eigenvalue weighted by Crippen LogP contribution is 2.24. The molecule has 0 atom stereocenters. The summed E-state index contributed by atoms with van der Waals surface area (Å²) < 4.78 is 0. The van der Waals surface area contributed by atoms with E-state index in [9.17, 15) is 0 Å². The van der Waals surface area contributed by atoms with E-state index in [0.717, 1.165) is 29.6 Å². The van der Waals surface area contributed by atoms with Gasteiger partial charge in [0, 0.05) is 11.3 Å². The zero-order valence-corrected chi connectivity index (χ0v) is 11.7. The Morgan fingerprint density at radius 1 is 1.11 bits per heavy atom. The van der Waals surface area contributed by atoms with Crippen LogP contribution in [0.4, 0.5) is 5.82 Å². The Balaban J connectivity index is 2.31. The maximum atomic E-state index is 6.10. The van der Waals surface area contributed by atoms with Crippen LogP contribution < -0.4 is 5.32 Å². The van der Waals surface area contributed by atoms with Crippen molar-refractivity contribution < 1.29 is 0 Å². The maximum Gasteiger partial charge on any atom is 0.127 e. The predicted octanol–water partition coefficient (Wildman–Crippen LogP) is 4.44. The highest BCUT2D eigenvalue weighted by Gasteiger charge is 2.24. The fourth-order valence-electron chi connectivity index (χ4n) is 2.06. The van der Waals surface area contributed by atoms with Gasteiger partial charge in [0.2, 0.25) is 0 Å². The maximum absolute atomic E-state index is 6.10. The van der Waals surface area contributed by atoms with E-state index in [1.165, 1.54) is 0 Å². The number of fused-ring (bicyclic) bond motifs is 1. The molecule has 1 N–H and O–H groups in total. The lowest BCUT2D eigenvalue weighted by molar-refractivity contribution is 0.483. The number of hydrogen-bond donors (Lipinski definition) is 1. The number of para-hydroxylation sites is 1. The number of pyridine rings is 1. The first-order chi connectivity index (χ1) is 8.73. The zero-order valence-electron chi connectivity index (χ0n) is 10.9. The van der Waals surface area contributed by atoms with Gasteiger partial charge in [-0.2, -0.15) is 0 Å². The van der Waals surface area contributed by atoms with Gasteiger partial charge in [0.25, 0.3) is 0 Å². The van der Waals surface area contributed by atoms with Crippen LogP contribution in [-0.4, -0.2) is 16.4 Å². The third kappa shape index (κ3) is 2.59. The van der Waals surface area contributed by atoms with Gasteiger partial charge in [-0.3, -0.25) is 0 Å². The van der Waals surface area contributed by atoms with Gasteiger partial charge in [-0.05, 0) is 31.0 Å². The van der Waals surface area contributed by atoms with Crippen molar-refractivity contribution in [3.63, 3.8) is 0 Å². The number of alkyl halides is 1. The molecular weight excluding hydrogens is 244 g/mol. The number of nitrogens with one attached hydrogen (secondary N) is 1. The summed E-state index contributed by atoms with van der Waals surface area (Å²) >= 11 is 6.10. The van der Waals surface area contributed by atoms with Crippen LogP contribution in [0.2, 0.25) is 0 Å². The van der Waals surface area contributed by atoms with Gasteiger partial charge in [-0.1, -0.05) is 32.0 Å². The summed E-state index contributed by atoms with van der Waals surface area (Å²) in [5, 5.41) is 4.65. The van der Waals surface area contributed by atoms with Crippen molar-refractivity contribution in [3.05, 3.63) is 36.4 Å². The van der Waals surface area contributed by atoms with E-state index in [1.54, 1.807) is 0 Å². The number of nitrogens with zero attached hydrogens (tertiary/aromatic N) is 1. The van der Waals surface area contributed by atoms with Gasteiger partial charge in [0.15, 0.2) is 0 Å². The van der Waals surface area contributed by atoms with Gasteiger partial charge < -0.3 is 5.32 Å². The molecule has 2 aromatic rings. The molecule has 0 radical (unpaired) electrons. The number of benzene rings is 1. The molecule has 0 saturated heterocycles. The van der Waals surface area contributed by atoms with Crippen molar-refractivity contribution in [2.24, 2.45) is 0 Å². The molecule has 3 heteroatoms. The van der Waals surface area contributed by atoms with Crippen molar-refractivity contribution in [3.8, 4) is 0 Å². The molecule has 0 aliphatic rings. The third-order valence-electron chi connectivity index (χ3n) is 3.60. The lowest BCUT2D eigenvalue weighted by Gasteiger charge is -2.31. The Morgan fingerprint density at radius 2 is 1.83 bits per heavy atom. The Bertz CT molecular complexity index is 512. The zero-order chi connectivity index (χ0) is 13.0. The van der Waals surface area contributed by atoms with Gasteiger partial charge >= 0.3 is 0 Å². The van der Waals surface area contributed by atoms with Crippen LogP contribution in [0.5, 0.6) is 0 Å². The van der Waals surface area contributed by atoms with Gasteiger partial charge in [-0.25, -0.2) is 4.98 Å². The van der Waals surface area contributed by atoms with Crippen LogP contribution in [0.15, 0.2) is 36.4 Å². The van der Waals surface area contributed by atoms with E-state index in [4.69, 9.17) is 11.6 Å². The van der Waals surface area contributed by atoms with E-state index in [1.807, 2.05) is 24.3 Å². The van der Waals surface area contributed by atoms with Crippen molar-refractivity contribution in [1.29, 1.82) is 0 Å². The predicted molar refractivity (Wildman–Crippen MR) is 79.4 cm³/mol. The normalized spacial score (nSPS) is 11.7. The second-order valence-corrected chi connectivity index (χ2v) is 4.90. The average Bonchev–Trinajstić information content (AvgIpc) is 2.45. The Hall–Kier alpha value is -1.28. The second-order valence-electron chi connectivity index (χ2n) is 4.64. The minimum absolute atomic E-state index is 0.0585. The molecule has 96 valence electrons. The van der Waals surface area contributed by atoms with E-state index in [2.05, 4.69) is 36.3 Å². The molecule has 0 aliphatic carbocycles. The monoisotopic (exact) mass is 262 g/mol. The van der Waals surface area contributed by atoms with Gasteiger partial charge in [0.1, 0.15) is 5.82 Å². The molecule has 0 fully saturated rings. The van der Waals surface area contributed by atoms with E-state index in [0.29, 0.717) is 5.88 Å². The molecule has 0 bridgehead atoms. The first-order valence-corrected chi connectivity index (χ1v) is 6.96. The number of rotatable bonds is 5. The van der Waals surface area contributed by atoms with Crippen LogP contribution in [0, 0.1) is 0 Å². The molecule has 0 unspecified atom stereocenters. The lowest BCUT2D eigenvalue weighted by atomic mass is 9.95. The first kappa shape index (κ1) is 13.2. The average molecular weight is 263 g/mol. The van der Waals surface area contributed by atoms with E-state index < -0.39 is 0 Å². The highest BCUT2D eigenvalue weighted by atomic mass is 35.5. The summed E-state index contributed by atoms with van der Waals surface area (Å²) in [7, 11) is 0. The molecule has 1 aromatic heterocycles. The number of halogens is 1. The molecule has 0 spiro atoms. The van der Waals surface area contributed by atoms with E-state index >= 15 is 0 Å². The summed E-state index contributed by atoms with van der Waals surface area (Å²) in [5.41, 5.74) is 0.954. The second kappa shape index (κ2) is 5.57. The summed E-state index contributed by atoms with van der Waals surface area (Å²) in [6.07, 6.45) is 1.98. The van der Waals surface area contributed by atoms with Crippen LogP contribution in [0.25, 0.3) is 10.9 Å². The summed E-state index contributed by atoms with van der Waals surface area (Å²) in [4.78, 5) is 4.63. The molecule has 18 heavy (non-hydrogen) atoms. The molecule has 2 nitrogen and oxygen atoms in total. The van der Waals surface area contributed by atoms with Crippen LogP contribution >= 0.6 is 11.6 Å². The molecule has 0 amide bonds. The van der Waals surface area contributed by atoms with Crippen molar-refractivity contribution in [1.82, 2.24) is 4.98 Å². The van der Waals surface area contributed by atoms with E-state index in [-0.39, 0.29) is 5.54 Å². The quantitative estimate of drug-likeness (QED) is 0.806. The smallest absolute Gasteiger partial charge is 0.127 e. The molecule has 0 aliphatic heterocycles. The lowest BCUT2D eigenvalue weighted by Crippen LogP contribution is -2.39. The summed E-state index contributed by atoms with van der Waals surface area (Å²) in [5.74, 6) is 1.49. The van der Waals surface area contributed by atoms with Crippen molar-refractivity contribution in [2.75, 3.05) is 11.2 Å². The van der Waals surface area contributed by atoms with Crippen LogP contribution in [0.3, 0.4) is 0 Å². The van der Waals surface area contributed by atoms with Crippen LogP contribution in [0.1, 0.15) is 26.7 Å². The third-order valence-corrected chi connectivity index (χ3v) is 4.11. The Labute approximate surface area is 113 Å². The molecule has 2 rings (SSSR count). The fraction of sp³-hybridized carbons (Fsp3) is 0.400. The number of aromatic nitrogens is 1. The molecular formula is C15H19ClN2. The van der Waals surface area contributed by atoms with Crippen molar-refractivity contribution >= 4 is 28.3 Å². The summed E-state index contributed by atoms with van der Waals surface area (Å²) in [6.45, 7) is 4.31. The SMILES string of the molecule is CCC(CC)(CCl)Nc1ccc2ccccc2n1. The first-order valence-electron chi connectivity index (χ1n) is 6.43. The molecule has 1 heterocycles. The highest BCUT2D eigenvalue weighted by molar-refractivity contribution is 6.18. The Morgan fingerprint density at radius 3 is 2.50 bits per heavy atom. The number of hydrogen-bond acceptors (Lipinski definition) is 2. The Kier molecular flexibility index (Phi) is 4.07. The summed E-state index contributed by atoms with van der Waals surface area (Å²) in [6, 6.07) is 12.2. The molecule has 0 saturated carbocycles. The van der Waals surface area contributed by atoms with Gasteiger partial charge in [0.05, 0.1) is 11.1 Å². The fourth-order valence-corrected chi connectivity index (χ4v) is 2.50. The van der Waals surface area contributed by atoms with Crippen LogP contribution in [-0.2, 0) is 0 Å². The minimum Gasteiger partial charge on any atom is -0.363 e. The largest absolute Gasteiger partial charge is 0.363 e. The molecule has 1 aromatic carbocycles. The van der Waals surface area contributed by atoms with Gasteiger partial charge in [-0.15, -0.1) is 11.6 Å². The van der Waals surface area contributed by atoms with Crippen molar-refractivity contribution in [2.45, 2.75) is 32.2 Å². The number of anilines is 1. The topological polar surface area (TPSA) is 24.9 Å². The minimum atomic E-state index is -0.0585.